The summed E-state index contributed by atoms with van der Waals surface area (Å²) >= 11 is 0. The molecule has 1 N–H and O–H groups in total. The minimum absolute atomic E-state index is 0.0547. The van der Waals surface area contributed by atoms with Gasteiger partial charge in [-0.3, -0.25) is 0 Å². The summed E-state index contributed by atoms with van der Waals surface area (Å²) in [6, 6.07) is 0. The van der Waals surface area contributed by atoms with E-state index in [9.17, 15) is 18.3 Å². The number of hydrogen-bond donors (Lipinski definition) is 1. The Morgan fingerprint density at radius 1 is 1.43 bits per heavy atom. The Labute approximate surface area is 85.2 Å². The number of aliphatic hydroxyl groups is 1. The van der Waals surface area contributed by atoms with Crippen LogP contribution in [0.1, 0.15) is 33.1 Å². The summed E-state index contributed by atoms with van der Waals surface area (Å²) in [6.07, 6.45) is 1.44. The van der Waals surface area contributed by atoms with E-state index in [2.05, 4.69) is 0 Å². The maximum Gasteiger partial charge on any atom is 0.150 e. The molecular weight excluding hydrogens is 204 g/mol. The van der Waals surface area contributed by atoms with Gasteiger partial charge < -0.3 is 9.90 Å². The van der Waals surface area contributed by atoms with Crippen LogP contribution in [0.3, 0.4) is 0 Å². The summed E-state index contributed by atoms with van der Waals surface area (Å²) in [5.74, 6) is 0.210. The maximum absolute atomic E-state index is 11.1. The molecule has 0 rings (SSSR count). The van der Waals surface area contributed by atoms with Crippen molar-refractivity contribution in [1.29, 1.82) is 0 Å². The SMILES string of the molecule is CCS(=O)(=O)CCCC(C)(O)CC=O. The zero-order chi connectivity index (χ0) is 11.2. The van der Waals surface area contributed by atoms with E-state index in [-0.39, 0.29) is 17.9 Å². The largest absolute Gasteiger partial charge is 0.390 e. The van der Waals surface area contributed by atoms with Crippen molar-refractivity contribution < 1.29 is 18.3 Å². The Balaban J connectivity index is 3.90. The van der Waals surface area contributed by atoms with E-state index in [1.165, 1.54) is 0 Å². The van der Waals surface area contributed by atoms with Gasteiger partial charge >= 0.3 is 0 Å². The van der Waals surface area contributed by atoms with Crippen LogP contribution in [0.15, 0.2) is 0 Å². The maximum atomic E-state index is 11.1. The Kier molecular flexibility index (Phi) is 5.29. The highest BCUT2D eigenvalue weighted by molar-refractivity contribution is 7.91. The van der Waals surface area contributed by atoms with Crippen molar-refractivity contribution in [1.82, 2.24) is 0 Å². The van der Waals surface area contributed by atoms with Gasteiger partial charge in [-0.2, -0.15) is 0 Å². The fourth-order valence-corrected chi connectivity index (χ4v) is 1.97. The van der Waals surface area contributed by atoms with Crippen molar-refractivity contribution in [3.63, 3.8) is 0 Å². The zero-order valence-corrected chi connectivity index (χ0v) is 9.51. The highest BCUT2D eigenvalue weighted by Crippen LogP contribution is 2.15. The van der Waals surface area contributed by atoms with E-state index in [4.69, 9.17) is 0 Å². The summed E-state index contributed by atoms with van der Waals surface area (Å²) in [5.41, 5.74) is -1.06. The summed E-state index contributed by atoms with van der Waals surface area (Å²) in [7, 11) is -2.96. The van der Waals surface area contributed by atoms with Crippen LogP contribution in [-0.4, -0.2) is 36.9 Å². The predicted octanol–water partition coefficient (Wildman–Crippen LogP) is 0.541. The average Bonchev–Trinajstić information content (AvgIpc) is 2.03. The van der Waals surface area contributed by atoms with Crippen LogP contribution in [0.2, 0.25) is 0 Å². The third kappa shape index (κ3) is 6.10. The lowest BCUT2D eigenvalue weighted by Gasteiger charge is -2.19. The minimum Gasteiger partial charge on any atom is -0.390 e. The monoisotopic (exact) mass is 222 g/mol. The Hall–Kier alpha value is -0.420. The molecule has 1 atom stereocenters. The molecule has 0 aliphatic heterocycles. The van der Waals surface area contributed by atoms with Gasteiger partial charge in [0, 0.05) is 12.2 Å². The molecule has 0 aliphatic rings. The summed E-state index contributed by atoms with van der Waals surface area (Å²) in [4.78, 5) is 10.2. The molecule has 0 fully saturated rings. The van der Waals surface area contributed by atoms with Crippen LogP contribution in [-0.2, 0) is 14.6 Å². The normalized spacial score (nSPS) is 16.2. The lowest BCUT2D eigenvalue weighted by Crippen LogP contribution is -2.25. The van der Waals surface area contributed by atoms with E-state index >= 15 is 0 Å². The third-order valence-electron chi connectivity index (χ3n) is 2.13. The van der Waals surface area contributed by atoms with Crippen molar-refractivity contribution >= 4 is 16.1 Å². The second-order valence-corrected chi connectivity index (χ2v) is 6.18. The molecule has 0 aromatic rings. The van der Waals surface area contributed by atoms with Crippen LogP contribution in [0, 0.1) is 0 Å². The number of sulfone groups is 1. The van der Waals surface area contributed by atoms with E-state index in [0.29, 0.717) is 19.1 Å². The van der Waals surface area contributed by atoms with Crippen LogP contribution >= 0.6 is 0 Å². The molecule has 0 aliphatic carbocycles. The first kappa shape index (κ1) is 13.6. The molecule has 0 radical (unpaired) electrons. The molecule has 14 heavy (non-hydrogen) atoms. The standard InChI is InChI=1S/C9H18O4S/c1-3-14(12,13)8-4-5-9(2,11)6-7-10/h7,11H,3-6,8H2,1-2H3. The lowest BCUT2D eigenvalue weighted by atomic mass is 9.98. The topological polar surface area (TPSA) is 71.4 Å². The predicted molar refractivity (Wildman–Crippen MR) is 54.9 cm³/mol. The van der Waals surface area contributed by atoms with E-state index in [0.717, 1.165) is 0 Å². The molecule has 4 nitrogen and oxygen atoms in total. The molecule has 0 aromatic carbocycles. The van der Waals surface area contributed by atoms with Gasteiger partial charge in [0.05, 0.1) is 11.4 Å². The van der Waals surface area contributed by atoms with Gasteiger partial charge in [0.25, 0.3) is 0 Å². The summed E-state index contributed by atoms with van der Waals surface area (Å²) in [6.45, 7) is 3.14. The highest BCUT2D eigenvalue weighted by Gasteiger charge is 2.20. The fraction of sp³-hybridized carbons (Fsp3) is 0.889. The van der Waals surface area contributed by atoms with Crippen molar-refractivity contribution in [3.8, 4) is 0 Å². The van der Waals surface area contributed by atoms with Gasteiger partial charge in [0.2, 0.25) is 0 Å². The minimum atomic E-state index is -2.96. The number of carbonyl (C=O) groups excluding carboxylic acids is 1. The molecular formula is C9H18O4S. The van der Waals surface area contributed by atoms with Crippen LogP contribution in [0.4, 0.5) is 0 Å². The van der Waals surface area contributed by atoms with Crippen molar-refractivity contribution in [3.05, 3.63) is 0 Å². The first-order valence-corrected chi connectivity index (χ1v) is 6.51. The quantitative estimate of drug-likeness (QED) is 0.638. The van der Waals surface area contributed by atoms with E-state index in [1.807, 2.05) is 0 Å². The smallest absolute Gasteiger partial charge is 0.150 e. The second-order valence-electron chi connectivity index (χ2n) is 3.71. The highest BCUT2D eigenvalue weighted by atomic mass is 32.2. The molecule has 84 valence electrons. The van der Waals surface area contributed by atoms with Crippen molar-refractivity contribution in [2.45, 2.75) is 38.7 Å². The van der Waals surface area contributed by atoms with E-state index < -0.39 is 15.4 Å². The first-order valence-electron chi connectivity index (χ1n) is 4.69. The van der Waals surface area contributed by atoms with Crippen LogP contribution < -0.4 is 0 Å². The average molecular weight is 222 g/mol. The van der Waals surface area contributed by atoms with Crippen LogP contribution in [0.5, 0.6) is 0 Å². The fourth-order valence-electron chi connectivity index (χ4n) is 1.10. The molecule has 0 saturated carbocycles. The van der Waals surface area contributed by atoms with Gasteiger partial charge in [-0.25, -0.2) is 8.42 Å². The van der Waals surface area contributed by atoms with Gasteiger partial charge in [-0.15, -0.1) is 0 Å². The zero-order valence-electron chi connectivity index (χ0n) is 8.69. The molecule has 5 heteroatoms. The number of hydrogen-bond acceptors (Lipinski definition) is 4. The Morgan fingerprint density at radius 3 is 2.43 bits per heavy atom. The first-order chi connectivity index (χ1) is 6.33. The molecule has 1 unspecified atom stereocenters. The van der Waals surface area contributed by atoms with Gasteiger partial charge in [0.15, 0.2) is 0 Å². The van der Waals surface area contributed by atoms with E-state index in [1.54, 1.807) is 13.8 Å². The Morgan fingerprint density at radius 2 is 2.00 bits per heavy atom. The van der Waals surface area contributed by atoms with Gasteiger partial charge in [-0.05, 0) is 19.8 Å². The van der Waals surface area contributed by atoms with Gasteiger partial charge in [0.1, 0.15) is 16.1 Å². The molecule has 0 heterocycles. The third-order valence-corrected chi connectivity index (χ3v) is 3.92. The van der Waals surface area contributed by atoms with Crippen molar-refractivity contribution in [2.24, 2.45) is 0 Å². The number of aldehydes is 1. The number of carbonyl (C=O) groups is 1. The van der Waals surface area contributed by atoms with Crippen molar-refractivity contribution in [2.75, 3.05) is 11.5 Å². The second kappa shape index (κ2) is 5.46. The lowest BCUT2D eigenvalue weighted by molar-refractivity contribution is -0.111. The molecule has 0 amide bonds. The molecule has 0 bridgehead atoms. The Bertz CT molecular complexity index is 267. The van der Waals surface area contributed by atoms with Crippen LogP contribution in [0.25, 0.3) is 0 Å². The summed E-state index contributed by atoms with van der Waals surface area (Å²) in [5, 5.41) is 9.56. The van der Waals surface area contributed by atoms with Gasteiger partial charge in [-0.1, -0.05) is 6.92 Å². The molecule has 0 saturated heterocycles. The molecule has 0 spiro atoms. The molecule has 0 aromatic heterocycles. The number of rotatable bonds is 7. The summed E-state index contributed by atoms with van der Waals surface area (Å²) < 4.78 is 22.2.